The summed E-state index contributed by atoms with van der Waals surface area (Å²) in [5.74, 6) is -1.36. The van der Waals surface area contributed by atoms with E-state index in [0.717, 1.165) is 41.9 Å². The summed E-state index contributed by atoms with van der Waals surface area (Å²) in [7, 11) is 3.65. The van der Waals surface area contributed by atoms with Gasteiger partial charge in [-0.2, -0.15) is 13.2 Å². The predicted octanol–water partition coefficient (Wildman–Crippen LogP) is 3.80. The van der Waals surface area contributed by atoms with Crippen LogP contribution in [0.1, 0.15) is 36.1 Å². The van der Waals surface area contributed by atoms with Crippen LogP contribution in [0, 0.1) is 19.8 Å². The molecule has 2 aromatic rings. The highest BCUT2D eigenvalue weighted by atomic mass is 19.4. The van der Waals surface area contributed by atoms with E-state index in [-0.39, 0.29) is 35.9 Å². The molecule has 0 aliphatic carbocycles. The van der Waals surface area contributed by atoms with E-state index in [9.17, 15) is 27.6 Å². The van der Waals surface area contributed by atoms with Crippen molar-refractivity contribution in [3.05, 3.63) is 58.8 Å². The molecule has 2 atom stereocenters. The highest BCUT2D eigenvalue weighted by Crippen LogP contribution is 2.41. The molecule has 3 amide bonds. The fraction of sp³-hybridized carbons (Fsp3) is 0.529. The Bertz CT molecular complexity index is 1590. The van der Waals surface area contributed by atoms with Gasteiger partial charge in [0.05, 0.1) is 23.0 Å². The number of carbonyl (C=O) groups excluding carboxylic acids is 3. The van der Waals surface area contributed by atoms with Crippen molar-refractivity contribution in [1.29, 1.82) is 0 Å². The first-order valence-corrected chi connectivity index (χ1v) is 16.1. The third-order valence-corrected chi connectivity index (χ3v) is 9.55. The van der Waals surface area contributed by atoms with E-state index >= 15 is 0 Å². The van der Waals surface area contributed by atoms with E-state index < -0.39 is 29.6 Å². The van der Waals surface area contributed by atoms with Crippen molar-refractivity contribution in [3.8, 4) is 0 Å². The topological polar surface area (TPSA) is 89.5 Å². The summed E-state index contributed by atoms with van der Waals surface area (Å²) in [6.45, 7) is 7.56. The van der Waals surface area contributed by atoms with Crippen LogP contribution < -0.4 is 14.7 Å². The largest absolute Gasteiger partial charge is 0.416 e. The second-order valence-corrected chi connectivity index (χ2v) is 13.1. The maximum absolute atomic E-state index is 14.0. The van der Waals surface area contributed by atoms with Crippen LogP contribution in [-0.2, 0) is 25.3 Å². The third kappa shape index (κ3) is 6.60. The first-order chi connectivity index (χ1) is 22.3. The first-order valence-electron chi connectivity index (χ1n) is 16.1. The number of hydrogen-bond acceptors (Lipinski definition) is 7. The number of alkyl halides is 3. The van der Waals surface area contributed by atoms with Gasteiger partial charge >= 0.3 is 6.18 Å². The molecule has 0 unspecified atom stereocenters. The summed E-state index contributed by atoms with van der Waals surface area (Å²) in [6.07, 6.45) is -1.07. The predicted molar refractivity (Wildman–Crippen MR) is 171 cm³/mol. The number of anilines is 3. The zero-order valence-electron chi connectivity index (χ0n) is 27.2. The molecule has 13 heteroatoms. The minimum atomic E-state index is -4.63. The average molecular weight is 655 g/mol. The molecule has 47 heavy (non-hydrogen) atoms. The number of carbonyl (C=O) groups is 3. The van der Waals surface area contributed by atoms with Crippen LogP contribution in [0.15, 0.2) is 42.0 Å². The van der Waals surface area contributed by atoms with Crippen LogP contribution in [0.25, 0.3) is 0 Å². The second kappa shape index (κ2) is 12.9. The second-order valence-electron chi connectivity index (χ2n) is 13.1. The molecule has 0 saturated carbocycles. The summed E-state index contributed by atoms with van der Waals surface area (Å²) in [5.41, 5.74) is 2.55. The molecular formula is C34H41F3N6O4. The Morgan fingerprint density at radius 3 is 2.57 bits per heavy atom. The number of hydrogen-bond donors (Lipinski definition) is 0. The zero-order valence-corrected chi connectivity index (χ0v) is 27.2. The molecule has 5 heterocycles. The van der Waals surface area contributed by atoms with Crippen LogP contribution in [-0.4, -0.2) is 105 Å². The van der Waals surface area contributed by atoms with Gasteiger partial charge in [-0.1, -0.05) is 18.2 Å². The fourth-order valence-corrected chi connectivity index (χ4v) is 7.17. The molecule has 0 radical (unpaired) electrons. The first kappa shape index (κ1) is 33.0. The summed E-state index contributed by atoms with van der Waals surface area (Å²) in [6, 6.07) is 6.46. The Morgan fingerprint density at radius 1 is 1.09 bits per heavy atom. The van der Waals surface area contributed by atoms with Crippen LogP contribution in [0.4, 0.5) is 30.4 Å². The number of pyridine rings is 1. The van der Waals surface area contributed by atoms with Gasteiger partial charge in [0.2, 0.25) is 11.8 Å². The Labute approximate surface area is 272 Å². The molecule has 252 valence electrons. The number of aryl methyl sites for hydroxylation is 2. The number of ether oxygens (including phenoxy) is 1. The van der Waals surface area contributed by atoms with Crippen LogP contribution in [0.3, 0.4) is 0 Å². The van der Waals surface area contributed by atoms with Crippen LogP contribution in [0.2, 0.25) is 0 Å². The quantitative estimate of drug-likeness (QED) is 0.420. The number of nitrogens with zero attached hydrogens (tertiary/aromatic N) is 6. The van der Waals surface area contributed by atoms with Gasteiger partial charge in [-0.15, -0.1) is 0 Å². The van der Waals surface area contributed by atoms with Crippen molar-refractivity contribution in [3.63, 3.8) is 0 Å². The molecular weight excluding hydrogens is 613 g/mol. The van der Waals surface area contributed by atoms with E-state index in [1.807, 2.05) is 43.1 Å². The Kier molecular flexibility index (Phi) is 9.05. The van der Waals surface area contributed by atoms with Gasteiger partial charge in [-0.05, 0) is 57.5 Å². The van der Waals surface area contributed by atoms with E-state index in [1.54, 1.807) is 7.05 Å². The number of amides is 3. The lowest BCUT2D eigenvalue weighted by Gasteiger charge is -2.41. The van der Waals surface area contributed by atoms with Gasteiger partial charge in [-0.3, -0.25) is 19.3 Å². The van der Waals surface area contributed by atoms with Gasteiger partial charge in [-0.25, -0.2) is 4.98 Å². The molecule has 4 aliphatic rings. The number of rotatable bonds is 7. The van der Waals surface area contributed by atoms with Crippen molar-refractivity contribution in [2.75, 3.05) is 74.7 Å². The highest BCUT2D eigenvalue weighted by molar-refractivity contribution is 6.10. The minimum Gasteiger partial charge on any atom is -0.374 e. The van der Waals surface area contributed by atoms with Crippen molar-refractivity contribution >= 4 is 34.9 Å². The third-order valence-electron chi connectivity index (χ3n) is 9.55. The monoisotopic (exact) mass is 654 g/mol. The Balaban J connectivity index is 1.16. The Morgan fingerprint density at radius 2 is 1.85 bits per heavy atom. The van der Waals surface area contributed by atoms with Gasteiger partial charge in [0.1, 0.15) is 11.9 Å². The molecule has 0 spiro atoms. The lowest BCUT2D eigenvalue weighted by atomic mass is 9.95. The lowest BCUT2D eigenvalue weighted by Crippen LogP contribution is -2.56. The van der Waals surface area contributed by atoms with Gasteiger partial charge in [0, 0.05) is 76.5 Å². The van der Waals surface area contributed by atoms with Gasteiger partial charge in [0.15, 0.2) is 0 Å². The van der Waals surface area contributed by atoms with E-state index in [4.69, 9.17) is 4.74 Å². The molecule has 1 aromatic heterocycles. The van der Waals surface area contributed by atoms with Crippen LogP contribution >= 0.6 is 0 Å². The molecule has 4 aliphatic heterocycles. The highest BCUT2D eigenvalue weighted by Gasteiger charge is 2.49. The van der Waals surface area contributed by atoms with Crippen molar-refractivity contribution < 1.29 is 32.3 Å². The van der Waals surface area contributed by atoms with E-state index in [0.29, 0.717) is 51.4 Å². The normalized spacial score (nSPS) is 22.5. The van der Waals surface area contributed by atoms with E-state index in [1.165, 1.54) is 16.7 Å². The number of likely N-dealkylation sites (N-methyl/N-ethyl adjacent to an activating group) is 2. The number of fused-ring (bicyclic) bond motifs is 2. The summed E-state index contributed by atoms with van der Waals surface area (Å²) in [5, 5.41) is 0. The molecule has 6 rings (SSSR count). The van der Waals surface area contributed by atoms with Crippen molar-refractivity contribution in [1.82, 2.24) is 14.8 Å². The number of benzene rings is 1. The standard InChI is InChI=1S/C34H41F3N6O4/c1-21-8-5-10-27-30(21)41(12-7-13-47-26-19-42(20-26)32(45)23-9-6-11-39(3)17-23)18-24-15-29(44)43(31(24)33(46)40(27)4)28-16-25(34(35,36)37)14-22(2)38-28/h5,8-10,14,16,24,26,31H,6-7,11-13,15,17-20H2,1-4H3/t24-,31+/m1/s1. The number of para-hydroxylation sites is 1. The molecule has 2 saturated heterocycles. The van der Waals surface area contributed by atoms with Gasteiger partial charge in [0.25, 0.3) is 5.91 Å². The molecule has 0 bridgehead atoms. The van der Waals surface area contributed by atoms with E-state index in [2.05, 4.69) is 14.8 Å². The molecule has 2 fully saturated rings. The summed E-state index contributed by atoms with van der Waals surface area (Å²) < 4.78 is 47.2. The van der Waals surface area contributed by atoms with Gasteiger partial charge < -0.3 is 24.3 Å². The fourth-order valence-electron chi connectivity index (χ4n) is 7.17. The maximum Gasteiger partial charge on any atom is 0.416 e. The maximum atomic E-state index is 14.0. The van der Waals surface area contributed by atoms with Crippen molar-refractivity contribution in [2.45, 2.75) is 51.4 Å². The zero-order chi connectivity index (χ0) is 33.6. The Hall–Kier alpha value is -3.97. The summed E-state index contributed by atoms with van der Waals surface area (Å²) >= 11 is 0. The SMILES string of the molecule is Cc1cc(C(F)(F)F)cc(N2C(=O)C[C@@H]3CN(CCCOC4CN(C(=O)C5=CCCN(C)C5)C4)c4c(C)cccc4N(C)C(=O)[C@H]32)n1. The van der Waals surface area contributed by atoms with Crippen LogP contribution in [0.5, 0.6) is 0 Å². The number of aromatic nitrogens is 1. The minimum absolute atomic E-state index is 0.00754. The molecule has 0 N–H and O–H groups in total. The number of likely N-dealkylation sites (tertiary alicyclic amines) is 1. The van der Waals surface area contributed by atoms with Crippen molar-refractivity contribution in [2.24, 2.45) is 5.92 Å². The summed E-state index contributed by atoms with van der Waals surface area (Å²) in [4.78, 5) is 53.4. The lowest BCUT2D eigenvalue weighted by molar-refractivity contribution is -0.141. The molecule has 1 aromatic carbocycles. The molecule has 10 nitrogen and oxygen atoms in total. The average Bonchev–Trinajstić information content (AvgIpc) is 3.32. The number of halogens is 3. The smallest absolute Gasteiger partial charge is 0.374 e.